The van der Waals surface area contributed by atoms with E-state index >= 15 is 0 Å². The molecule has 1 saturated heterocycles. The number of carbonyl (C=O) groups is 1. The van der Waals surface area contributed by atoms with Gasteiger partial charge >= 0.3 is 0 Å². The first-order chi connectivity index (χ1) is 13.1. The summed E-state index contributed by atoms with van der Waals surface area (Å²) >= 11 is 0. The zero-order valence-electron chi connectivity index (χ0n) is 16.6. The number of benzene rings is 1. The second-order valence-corrected chi connectivity index (χ2v) is 8.16. The average molecular weight is 369 g/mol. The van der Waals surface area contributed by atoms with Crippen molar-refractivity contribution >= 4 is 5.91 Å². The number of amides is 1. The van der Waals surface area contributed by atoms with E-state index in [9.17, 15) is 4.79 Å². The van der Waals surface area contributed by atoms with Crippen LogP contribution in [0.2, 0.25) is 0 Å². The summed E-state index contributed by atoms with van der Waals surface area (Å²) in [5.74, 6) is 0.830. The van der Waals surface area contributed by atoms with Crippen LogP contribution in [0, 0.1) is 5.92 Å². The van der Waals surface area contributed by atoms with Crippen molar-refractivity contribution in [3.8, 4) is 0 Å². The van der Waals surface area contributed by atoms with Crippen LogP contribution in [0.5, 0.6) is 0 Å². The molecule has 1 amide bonds. The summed E-state index contributed by atoms with van der Waals surface area (Å²) < 4.78 is 0. The van der Waals surface area contributed by atoms with Gasteiger partial charge in [-0.15, -0.1) is 0 Å². The van der Waals surface area contributed by atoms with Gasteiger partial charge in [-0.05, 0) is 54.8 Å². The third-order valence-corrected chi connectivity index (χ3v) is 5.14. The van der Waals surface area contributed by atoms with E-state index in [-0.39, 0.29) is 11.9 Å². The van der Waals surface area contributed by atoms with Gasteiger partial charge in [0.15, 0.2) is 0 Å². The number of rotatable bonds is 8. The fourth-order valence-electron chi connectivity index (χ4n) is 3.80. The molecule has 5 heteroatoms. The number of carbonyl (C=O) groups excluding carboxylic acids is 1. The zero-order chi connectivity index (χ0) is 19.1. The van der Waals surface area contributed by atoms with Crippen LogP contribution in [0.25, 0.3) is 0 Å². The molecule has 0 saturated carbocycles. The summed E-state index contributed by atoms with van der Waals surface area (Å²) in [5, 5.41) is 9.93. The van der Waals surface area contributed by atoms with E-state index in [2.05, 4.69) is 58.5 Å². The maximum absolute atomic E-state index is 12.2. The van der Waals surface area contributed by atoms with Crippen molar-refractivity contribution < 1.29 is 4.79 Å². The highest BCUT2D eigenvalue weighted by Gasteiger charge is 2.21. The number of hydrogen-bond donors (Lipinski definition) is 2. The van der Waals surface area contributed by atoms with E-state index in [4.69, 9.17) is 0 Å². The molecule has 2 aromatic rings. The van der Waals surface area contributed by atoms with E-state index in [0.29, 0.717) is 12.3 Å². The van der Waals surface area contributed by atoms with Crippen LogP contribution in [-0.4, -0.2) is 40.1 Å². The van der Waals surface area contributed by atoms with Crippen molar-refractivity contribution in [1.82, 2.24) is 20.4 Å². The first-order valence-corrected chi connectivity index (χ1v) is 10.2. The molecule has 3 rings (SSSR count). The molecule has 146 valence electrons. The van der Waals surface area contributed by atoms with Crippen LogP contribution < -0.4 is 5.32 Å². The van der Waals surface area contributed by atoms with Crippen LogP contribution in [-0.2, 0) is 24.2 Å². The Morgan fingerprint density at radius 3 is 2.74 bits per heavy atom. The van der Waals surface area contributed by atoms with Crippen LogP contribution >= 0.6 is 0 Å². The topological polar surface area (TPSA) is 61.0 Å². The fraction of sp³-hybridized carbons (Fsp3) is 0.545. The molecule has 1 aliphatic rings. The summed E-state index contributed by atoms with van der Waals surface area (Å²) in [7, 11) is 0. The minimum absolute atomic E-state index is 0.140. The number of piperidine rings is 1. The highest BCUT2D eigenvalue weighted by Crippen LogP contribution is 2.16. The van der Waals surface area contributed by atoms with Crippen molar-refractivity contribution in [2.45, 2.75) is 58.5 Å². The number of aryl methyl sites for hydroxylation is 1. The summed E-state index contributed by atoms with van der Waals surface area (Å²) in [4.78, 5) is 14.7. The van der Waals surface area contributed by atoms with Crippen molar-refractivity contribution in [3.63, 3.8) is 0 Å². The van der Waals surface area contributed by atoms with Gasteiger partial charge in [-0.2, -0.15) is 5.10 Å². The van der Waals surface area contributed by atoms with E-state index in [1.54, 1.807) is 6.20 Å². The molecule has 0 spiro atoms. The maximum Gasteiger partial charge on any atom is 0.220 e. The Labute approximate surface area is 162 Å². The highest BCUT2D eigenvalue weighted by atomic mass is 16.1. The molecule has 0 bridgehead atoms. The average Bonchev–Trinajstić information content (AvgIpc) is 3.15. The van der Waals surface area contributed by atoms with Crippen LogP contribution in [0.1, 0.15) is 49.8 Å². The molecular weight excluding hydrogens is 336 g/mol. The molecular formula is C22H32N4O. The Balaban J connectivity index is 1.43. The molecule has 5 nitrogen and oxygen atoms in total. The lowest BCUT2D eigenvalue weighted by molar-refractivity contribution is -0.122. The predicted molar refractivity (Wildman–Crippen MR) is 108 cm³/mol. The standard InChI is InChI=1S/C22H32N4O/c1-17(2)12-18-5-7-19(8-6-18)15-26-11-3-4-21(16-26)25-22(27)10-9-20-13-23-24-14-20/h5-8,13-14,17,21H,3-4,9-12,15-16H2,1-2H3,(H,23,24)(H,25,27). The number of aromatic amines is 1. The number of nitrogens with zero attached hydrogens (tertiary/aromatic N) is 2. The van der Waals surface area contributed by atoms with Gasteiger partial charge in [0.05, 0.1) is 6.20 Å². The Morgan fingerprint density at radius 2 is 2.04 bits per heavy atom. The quantitative estimate of drug-likeness (QED) is 0.751. The number of H-pyrrole nitrogens is 1. The van der Waals surface area contributed by atoms with Gasteiger partial charge in [-0.3, -0.25) is 14.8 Å². The third-order valence-electron chi connectivity index (χ3n) is 5.14. The maximum atomic E-state index is 12.2. The number of nitrogens with one attached hydrogen (secondary N) is 2. The zero-order valence-corrected chi connectivity index (χ0v) is 16.6. The Kier molecular flexibility index (Phi) is 7.04. The van der Waals surface area contributed by atoms with E-state index < -0.39 is 0 Å². The minimum atomic E-state index is 0.140. The molecule has 0 aliphatic carbocycles. The molecule has 0 radical (unpaired) electrons. The normalized spacial score (nSPS) is 18.0. The molecule has 2 N–H and O–H groups in total. The van der Waals surface area contributed by atoms with Crippen LogP contribution in [0.15, 0.2) is 36.7 Å². The van der Waals surface area contributed by atoms with Crippen LogP contribution in [0.3, 0.4) is 0 Å². The second kappa shape index (κ2) is 9.70. The van der Waals surface area contributed by atoms with E-state index in [0.717, 1.165) is 50.9 Å². The van der Waals surface area contributed by atoms with E-state index in [1.807, 2.05) is 6.20 Å². The van der Waals surface area contributed by atoms with Crippen molar-refractivity contribution in [3.05, 3.63) is 53.3 Å². The van der Waals surface area contributed by atoms with Gasteiger partial charge in [-0.1, -0.05) is 38.1 Å². The van der Waals surface area contributed by atoms with Crippen molar-refractivity contribution in [2.24, 2.45) is 5.92 Å². The van der Waals surface area contributed by atoms with Crippen molar-refractivity contribution in [1.29, 1.82) is 0 Å². The first kappa shape index (κ1) is 19.6. The number of aromatic nitrogens is 2. The second-order valence-electron chi connectivity index (χ2n) is 8.16. The predicted octanol–water partition coefficient (Wildman–Crippen LogP) is 3.32. The van der Waals surface area contributed by atoms with Gasteiger partial charge in [0.2, 0.25) is 5.91 Å². The smallest absolute Gasteiger partial charge is 0.220 e. The number of hydrogen-bond acceptors (Lipinski definition) is 3. The lowest BCUT2D eigenvalue weighted by Gasteiger charge is -2.33. The summed E-state index contributed by atoms with van der Waals surface area (Å²) in [6.45, 7) is 7.51. The number of likely N-dealkylation sites (tertiary alicyclic amines) is 1. The Morgan fingerprint density at radius 1 is 1.26 bits per heavy atom. The van der Waals surface area contributed by atoms with E-state index in [1.165, 1.54) is 11.1 Å². The molecule has 27 heavy (non-hydrogen) atoms. The monoisotopic (exact) mass is 368 g/mol. The molecule has 1 aliphatic heterocycles. The molecule has 1 aromatic carbocycles. The SMILES string of the molecule is CC(C)Cc1ccc(CN2CCCC(NC(=O)CCc3cn[nH]c3)C2)cc1. The Bertz CT molecular complexity index is 694. The molecule has 2 heterocycles. The van der Waals surface area contributed by atoms with Gasteiger partial charge in [-0.25, -0.2) is 0 Å². The largest absolute Gasteiger partial charge is 0.352 e. The lowest BCUT2D eigenvalue weighted by atomic mass is 10.0. The molecule has 1 unspecified atom stereocenters. The van der Waals surface area contributed by atoms with Gasteiger partial charge < -0.3 is 5.32 Å². The molecule has 1 aromatic heterocycles. The highest BCUT2D eigenvalue weighted by molar-refractivity contribution is 5.76. The lowest BCUT2D eigenvalue weighted by Crippen LogP contribution is -2.47. The van der Waals surface area contributed by atoms with Crippen LogP contribution in [0.4, 0.5) is 0 Å². The minimum Gasteiger partial charge on any atom is -0.352 e. The third kappa shape index (κ3) is 6.51. The van der Waals surface area contributed by atoms with Gasteiger partial charge in [0, 0.05) is 31.7 Å². The van der Waals surface area contributed by atoms with Crippen molar-refractivity contribution in [2.75, 3.05) is 13.1 Å². The summed E-state index contributed by atoms with van der Waals surface area (Å²) in [6, 6.07) is 9.29. The summed E-state index contributed by atoms with van der Waals surface area (Å²) in [5.41, 5.74) is 3.85. The molecule has 1 fully saturated rings. The first-order valence-electron chi connectivity index (χ1n) is 10.2. The summed E-state index contributed by atoms with van der Waals surface area (Å²) in [6.07, 6.45) is 8.23. The fourth-order valence-corrected chi connectivity index (χ4v) is 3.80. The molecule has 1 atom stereocenters. The Hall–Kier alpha value is -2.14. The van der Waals surface area contributed by atoms with Gasteiger partial charge in [0.1, 0.15) is 0 Å². The van der Waals surface area contributed by atoms with Gasteiger partial charge in [0.25, 0.3) is 0 Å².